The number of nitrogens with zero attached hydrogens (tertiary/aromatic N) is 2. The molecule has 24 heavy (non-hydrogen) atoms. The van der Waals surface area contributed by atoms with Gasteiger partial charge in [-0.25, -0.2) is 4.99 Å². The Balaban J connectivity index is 1.69. The van der Waals surface area contributed by atoms with Crippen LogP contribution in [-0.2, 0) is 0 Å². The van der Waals surface area contributed by atoms with Crippen LogP contribution in [0.1, 0.15) is 5.56 Å². The number of halogens is 3. The van der Waals surface area contributed by atoms with Crippen LogP contribution in [-0.4, -0.2) is 23.2 Å². The van der Waals surface area contributed by atoms with Crippen molar-refractivity contribution in [2.75, 3.05) is 5.75 Å². The van der Waals surface area contributed by atoms with E-state index in [1.165, 1.54) is 23.9 Å². The molecule has 0 aliphatic carbocycles. The van der Waals surface area contributed by atoms with Crippen molar-refractivity contribution in [1.29, 1.82) is 0 Å². The van der Waals surface area contributed by atoms with Crippen molar-refractivity contribution in [3.8, 4) is 5.75 Å². The summed E-state index contributed by atoms with van der Waals surface area (Å²) in [5, 5.41) is 5.57. The van der Waals surface area contributed by atoms with Gasteiger partial charge in [0.05, 0.1) is 11.4 Å². The van der Waals surface area contributed by atoms with Gasteiger partial charge < -0.3 is 4.74 Å². The van der Waals surface area contributed by atoms with Gasteiger partial charge in [0, 0.05) is 10.8 Å². The van der Waals surface area contributed by atoms with Gasteiger partial charge in [-0.2, -0.15) is 13.9 Å². The molecule has 0 fully saturated rings. The number of amidine groups is 1. The number of ether oxygens (including phenoxy) is 1. The Labute approximate surface area is 146 Å². The van der Waals surface area contributed by atoms with Gasteiger partial charge in [0.2, 0.25) is 0 Å². The lowest BCUT2D eigenvalue weighted by molar-refractivity contribution is -0.0498. The number of hydrazone groups is 1. The van der Waals surface area contributed by atoms with Crippen LogP contribution in [0.3, 0.4) is 0 Å². The predicted molar refractivity (Wildman–Crippen MR) is 93.8 cm³/mol. The van der Waals surface area contributed by atoms with E-state index in [0.717, 1.165) is 17.0 Å². The normalized spacial score (nSPS) is 16.0. The lowest BCUT2D eigenvalue weighted by Gasteiger charge is -2.15. The summed E-state index contributed by atoms with van der Waals surface area (Å²) in [6.45, 7) is -2.83. The molecule has 3 rings (SSSR count). The summed E-state index contributed by atoms with van der Waals surface area (Å²) in [5.74, 6) is 0.732. The molecule has 1 N–H and O–H groups in total. The third kappa shape index (κ3) is 4.46. The summed E-state index contributed by atoms with van der Waals surface area (Å²) in [4.78, 5) is 4.43. The number of hydrogen-bond donors (Lipinski definition) is 1. The van der Waals surface area contributed by atoms with E-state index < -0.39 is 6.61 Å². The number of benzene rings is 2. The Bertz CT molecular complexity index is 781. The number of hydrogen-bond acceptors (Lipinski definition) is 4. The first-order valence-corrected chi connectivity index (χ1v) is 8.31. The van der Waals surface area contributed by atoms with Gasteiger partial charge in [-0.05, 0) is 48.0 Å². The number of alkyl halides is 2. The van der Waals surface area contributed by atoms with Crippen LogP contribution in [0.2, 0.25) is 5.02 Å². The Morgan fingerprint density at radius 1 is 1.21 bits per heavy atom. The molecule has 0 amide bonds. The number of aliphatic imine (C=N–C) groups is 1. The van der Waals surface area contributed by atoms with E-state index in [1.54, 1.807) is 24.3 Å². The average molecular weight is 368 g/mol. The molecule has 4 nitrogen and oxygen atoms in total. The minimum absolute atomic E-state index is 0.119. The van der Waals surface area contributed by atoms with Crippen LogP contribution < -0.4 is 10.2 Å². The molecule has 0 radical (unpaired) electrons. The van der Waals surface area contributed by atoms with Crippen molar-refractivity contribution in [2.24, 2.45) is 10.1 Å². The SMILES string of the molecule is FC(F)Oc1ccc(C2=NNC(=Nc3cccc(Cl)c3)SC2)cc1. The van der Waals surface area contributed by atoms with Crippen molar-refractivity contribution >= 4 is 39.9 Å². The lowest BCUT2D eigenvalue weighted by atomic mass is 10.1. The molecule has 0 saturated heterocycles. The van der Waals surface area contributed by atoms with E-state index in [1.807, 2.05) is 12.1 Å². The molecule has 1 heterocycles. The third-order valence-corrected chi connectivity index (χ3v) is 4.19. The van der Waals surface area contributed by atoms with Gasteiger partial charge in [-0.15, -0.1) is 0 Å². The summed E-state index contributed by atoms with van der Waals surface area (Å²) in [5.41, 5.74) is 5.26. The monoisotopic (exact) mass is 367 g/mol. The van der Waals surface area contributed by atoms with Crippen LogP contribution in [0.4, 0.5) is 14.5 Å². The first kappa shape index (κ1) is 16.7. The molecule has 0 atom stereocenters. The fourth-order valence-electron chi connectivity index (χ4n) is 2.01. The van der Waals surface area contributed by atoms with Crippen LogP contribution in [0.15, 0.2) is 58.6 Å². The highest BCUT2D eigenvalue weighted by atomic mass is 35.5. The van der Waals surface area contributed by atoms with Crippen molar-refractivity contribution in [1.82, 2.24) is 5.43 Å². The summed E-state index contributed by atoms with van der Waals surface area (Å²) < 4.78 is 28.6. The van der Waals surface area contributed by atoms with Crippen LogP contribution in [0.5, 0.6) is 5.75 Å². The van der Waals surface area contributed by atoms with Crippen LogP contribution >= 0.6 is 23.4 Å². The molecule has 124 valence electrons. The molecule has 0 unspecified atom stereocenters. The maximum atomic E-state index is 12.1. The molecule has 1 aliphatic heterocycles. The third-order valence-electron chi connectivity index (χ3n) is 3.08. The predicted octanol–water partition coefficient (Wildman–Crippen LogP) is 4.67. The van der Waals surface area contributed by atoms with Crippen molar-refractivity contribution < 1.29 is 13.5 Å². The Morgan fingerprint density at radius 2 is 2.00 bits per heavy atom. The van der Waals surface area contributed by atoms with Gasteiger partial charge in [-0.1, -0.05) is 29.4 Å². The molecular formula is C16H12ClF2N3OS. The first-order valence-electron chi connectivity index (χ1n) is 6.95. The van der Waals surface area contributed by atoms with Crippen molar-refractivity contribution in [2.45, 2.75) is 6.61 Å². The molecule has 0 spiro atoms. The molecule has 1 aliphatic rings. The highest BCUT2D eigenvalue weighted by Crippen LogP contribution is 2.22. The second kappa shape index (κ2) is 7.63. The molecule has 0 aromatic heterocycles. The minimum atomic E-state index is -2.83. The number of nitrogens with one attached hydrogen (secondary N) is 1. The maximum absolute atomic E-state index is 12.1. The fraction of sp³-hybridized carbons (Fsp3) is 0.125. The van der Waals surface area contributed by atoms with Crippen molar-refractivity contribution in [3.05, 3.63) is 59.1 Å². The minimum Gasteiger partial charge on any atom is -0.435 e. The van der Waals surface area contributed by atoms with Gasteiger partial charge in [-0.3, -0.25) is 5.43 Å². The van der Waals surface area contributed by atoms with Gasteiger partial charge >= 0.3 is 6.61 Å². The first-order chi connectivity index (χ1) is 11.6. The average Bonchev–Trinajstić information content (AvgIpc) is 2.56. The standard InChI is InChI=1S/C16H12ClF2N3OS/c17-11-2-1-3-12(8-11)20-16-22-21-14(9-24-16)10-4-6-13(7-5-10)23-15(18)19/h1-8,15H,9H2,(H,20,22). The van der Waals surface area contributed by atoms with E-state index in [0.29, 0.717) is 15.9 Å². The van der Waals surface area contributed by atoms with Crippen molar-refractivity contribution in [3.63, 3.8) is 0 Å². The molecule has 0 bridgehead atoms. The fourth-order valence-corrected chi connectivity index (χ4v) is 2.98. The Hall–Kier alpha value is -2.12. The summed E-state index contributed by atoms with van der Waals surface area (Å²) >= 11 is 7.42. The van der Waals surface area contributed by atoms with Crippen LogP contribution in [0.25, 0.3) is 0 Å². The van der Waals surface area contributed by atoms with E-state index in [9.17, 15) is 8.78 Å². The smallest absolute Gasteiger partial charge is 0.387 e. The Morgan fingerprint density at radius 3 is 2.62 bits per heavy atom. The van der Waals surface area contributed by atoms with Gasteiger partial charge in [0.15, 0.2) is 5.17 Å². The summed E-state index contributed by atoms with van der Waals surface area (Å²) in [6, 6.07) is 13.6. The maximum Gasteiger partial charge on any atom is 0.387 e. The van der Waals surface area contributed by atoms with Gasteiger partial charge in [0.1, 0.15) is 5.75 Å². The van der Waals surface area contributed by atoms with E-state index in [4.69, 9.17) is 11.6 Å². The highest BCUT2D eigenvalue weighted by molar-refractivity contribution is 8.14. The second-order valence-corrected chi connectivity index (χ2v) is 6.16. The summed E-state index contributed by atoms with van der Waals surface area (Å²) in [7, 11) is 0. The zero-order valence-electron chi connectivity index (χ0n) is 12.2. The van der Waals surface area contributed by atoms with E-state index >= 15 is 0 Å². The lowest BCUT2D eigenvalue weighted by Crippen LogP contribution is -2.25. The molecule has 8 heteroatoms. The summed E-state index contributed by atoms with van der Waals surface area (Å²) in [6.07, 6.45) is 0. The second-order valence-electron chi connectivity index (χ2n) is 4.76. The highest BCUT2D eigenvalue weighted by Gasteiger charge is 2.13. The quantitative estimate of drug-likeness (QED) is 0.854. The molecule has 2 aromatic carbocycles. The largest absolute Gasteiger partial charge is 0.435 e. The van der Waals surface area contributed by atoms with Gasteiger partial charge in [0.25, 0.3) is 0 Å². The number of rotatable bonds is 4. The molecular weight excluding hydrogens is 356 g/mol. The topological polar surface area (TPSA) is 46.0 Å². The van der Waals surface area contributed by atoms with E-state index in [-0.39, 0.29) is 5.75 Å². The molecule has 0 saturated carbocycles. The zero-order valence-corrected chi connectivity index (χ0v) is 13.8. The zero-order chi connectivity index (χ0) is 16.9. The van der Waals surface area contributed by atoms with E-state index in [2.05, 4.69) is 20.3 Å². The van der Waals surface area contributed by atoms with Crippen LogP contribution in [0, 0.1) is 0 Å². The molecule has 2 aromatic rings. The number of thioether (sulfide) groups is 1. The Kier molecular flexibility index (Phi) is 5.32.